The van der Waals surface area contributed by atoms with Crippen molar-refractivity contribution in [3.05, 3.63) is 47.5 Å². The van der Waals surface area contributed by atoms with Crippen LogP contribution in [0.4, 0.5) is 0 Å². The van der Waals surface area contributed by atoms with Crippen molar-refractivity contribution in [1.82, 2.24) is 9.80 Å². The molecule has 0 N–H and O–H groups in total. The normalized spacial score (nSPS) is 17.3. The SMILES string of the molecule is CN1COc2ccc(OP(C)(=O)Oc3ccc4c(c3)CN(C)CO4)cc2C1. The molecule has 0 amide bonds. The summed E-state index contributed by atoms with van der Waals surface area (Å²) in [6.07, 6.45) is 0. The van der Waals surface area contributed by atoms with E-state index < -0.39 is 7.60 Å². The maximum absolute atomic E-state index is 12.9. The first-order valence-corrected chi connectivity index (χ1v) is 10.7. The Morgan fingerprint density at radius 3 is 1.74 bits per heavy atom. The van der Waals surface area contributed by atoms with E-state index in [2.05, 4.69) is 0 Å². The second kappa shape index (κ2) is 7.08. The highest BCUT2D eigenvalue weighted by molar-refractivity contribution is 7.53. The van der Waals surface area contributed by atoms with Gasteiger partial charge in [0, 0.05) is 24.2 Å². The highest BCUT2D eigenvalue weighted by Crippen LogP contribution is 2.46. The molecule has 144 valence electrons. The zero-order chi connectivity index (χ0) is 19.0. The van der Waals surface area contributed by atoms with E-state index in [4.69, 9.17) is 18.5 Å². The maximum Gasteiger partial charge on any atom is 0.427 e. The van der Waals surface area contributed by atoms with Gasteiger partial charge in [0.25, 0.3) is 0 Å². The molecule has 0 unspecified atom stereocenters. The number of fused-ring (bicyclic) bond motifs is 2. The molecule has 7 nitrogen and oxygen atoms in total. The van der Waals surface area contributed by atoms with E-state index in [1.807, 2.05) is 48.2 Å². The van der Waals surface area contributed by atoms with Crippen molar-refractivity contribution in [3.8, 4) is 23.0 Å². The van der Waals surface area contributed by atoms with E-state index in [1.54, 1.807) is 12.1 Å². The van der Waals surface area contributed by atoms with E-state index in [1.165, 1.54) is 6.66 Å². The third kappa shape index (κ3) is 4.21. The Balaban J connectivity index is 1.49. The summed E-state index contributed by atoms with van der Waals surface area (Å²) >= 11 is 0. The molecular weight excluding hydrogens is 367 g/mol. The predicted molar refractivity (Wildman–Crippen MR) is 102 cm³/mol. The highest BCUT2D eigenvalue weighted by atomic mass is 31.2. The molecule has 0 spiro atoms. The van der Waals surface area contributed by atoms with Gasteiger partial charge in [-0.1, -0.05) is 0 Å². The number of benzene rings is 2. The molecule has 0 atom stereocenters. The van der Waals surface area contributed by atoms with Crippen LogP contribution in [0, 0.1) is 0 Å². The minimum atomic E-state index is -3.35. The molecule has 0 fully saturated rings. The number of rotatable bonds is 4. The average molecular weight is 390 g/mol. The summed E-state index contributed by atoms with van der Waals surface area (Å²) in [5.74, 6) is 2.65. The highest BCUT2D eigenvalue weighted by Gasteiger charge is 2.24. The Labute approximate surface area is 158 Å². The average Bonchev–Trinajstić information content (AvgIpc) is 2.60. The molecule has 0 aliphatic carbocycles. The lowest BCUT2D eigenvalue weighted by Crippen LogP contribution is -2.28. The Morgan fingerprint density at radius 1 is 0.852 bits per heavy atom. The van der Waals surface area contributed by atoms with Crippen LogP contribution in [0.25, 0.3) is 0 Å². The number of ether oxygens (including phenoxy) is 2. The molecule has 0 aromatic heterocycles. The topological polar surface area (TPSA) is 60.5 Å². The molecule has 2 heterocycles. The fourth-order valence-corrected chi connectivity index (χ4v) is 4.22. The fraction of sp³-hybridized carbons (Fsp3) is 0.368. The summed E-state index contributed by atoms with van der Waals surface area (Å²) < 4.78 is 35.5. The van der Waals surface area contributed by atoms with Crippen molar-refractivity contribution < 1.29 is 23.1 Å². The van der Waals surface area contributed by atoms with Crippen LogP contribution in [0.15, 0.2) is 36.4 Å². The second-order valence-electron chi connectivity index (χ2n) is 7.07. The Hall–Kier alpha value is -2.21. The van der Waals surface area contributed by atoms with Crippen molar-refractivity contribution in [2.45, 2.75) is 13.1 Å². The van der Waals surface area contributed by atoms with E-state index in [0.717, 1.165) is 35.7 Å². The quantitative estimate of drug-likeness (QED) is 0.740. The molecule has 2 aliphatic rings. The van der Waals surface area contributed by atoms with Crippen molar-refractivity contribution in [2.75, 3.05) is 34.2 Å². The van der Waals surface area contributed by atoms with E-state index >= 15 is 0 Å². The largest absolute Gasteiger partial charge is 0.478 e. The van der Waals surface area contributed by atoms with Crippen LogP contribution < -0.4 is 18.5 Å². The minimum Gasteiger partial charge on any atom is -0.478 e. The van der Waals surface area contributed by atoms with Gasteiger partial charge in [-0.15, -0.1) is 0 Å². The van der Waals surface area contributed by atoms with E-state index in [-0.39, 0.29) is 0 Å². The molecule has 8 heteroatoms. The fourth-order valence-electron chi connectivity index (χ4n) is 3.19. The number of hydrogen-bond acceptors (Lipinski definition) is 7. The van der Waals surface area contributed by atoms with Gasteiger partial charge in [-0.05, 0) is 50.5 Å². The van der Waals surface area contributed by atoms with Gasteiger partial charge in [0.15, 0.2) is 0 Å². The summed E-state index contributed by atoms with van der Waals surface area (Å²) in [4.78, 5) is 4.08. The van der Waals surface area contributed by atoms with Gasteiger partial charge in [0.05, 0.1) is 6.66 Å². The molecular formula is C19H23N2O5P. The van der Waals surface area contributed by atoms with Crippen LogP contribution in [-0.2, 0) is 17.7 Å². The van der Waals surface area contributed by atoms with Crippen LogP contribution in [0.1, 0.15) is 11.1 Å². The van der Waals surface area contributed by atoms with Gasteiger partial charge in [-0.25, -0.2) is 4.57 Å². The predicted octanol–water partition coefficient (Wildman–Crippen LogP) is 3.53. The molecule has 2 aromatic rings. The number of nitrogens with zero attached hydrogens (tertiary/aromatic N) is 2. The summed E-state index contributed by atoms with van der Waals surface area (Å²) in [6.45, 7) is 4.08. The lowest BCUT2D eigenvalue weighted by atomic mass is 10.1. The first kappa shape index (κ1) is 18.2. The molecule has 0 saturated carbocycles. The Morgan fingerprint density at radius 2 is 1.30 bits per heavy atom. The van der Waals surface area contributed by atoms with Gasteiger partial charge in [0.1, 0.15) is 36.5 Å². The summed E-state index contributed by atoms with van der Waals surface area (Å²) in [6, 6.07) is 10.9. The van der Waals surface area contributed by atoms with Gasteiger partial charge in [-0.2, -0.15) is 0 Å². The van der Waals surface area contributed by atoms with Crippen molar-refractivity contribution in [3.63, 3.8) is 0 Å². The summed E-state index contributed by atoms with van der Waals surface area (Å²) in [5.41, 5.74) is 1.99. The first-order valence-electron chi connectivity index (χ1n) is 8.73. The monoisotopic (exact) mass is 390 g/mol. The van der Waals surface area contributed by atoms with Gasteiger partial charge in [0.2, 0.25) is 0 Å². The van der Waals surface area contributed by atoms with Crippen LogP contribution in [-0.4, -0.2) is 44.0 Å². The molecule has 27 heavy (non-hydrogen) atoms. The molecule has 0 saturated heterocycles. The molecule has 4 rings (SSSR count). The molecule has 2 aliphatic heterocycles. The third-order valence-corrected chi connectivity index (χ3v) is 5.45. The van der Waals surface area contributed by atoms with Gasteiger partial charge in [-0.3, -0.25) is 9.80 Å². The van der Waals surface area contributed by atoms with Gasteiger partial charge < -0.3 is 18.5 Å². The van der Waals surface area contributed by atoms with Crippen molar-refractivity contribution >= 4 is 7.60 Å². The summed E-state index contributed by atoms with van der Waals surface area (Å²) in [5, 5.41) is 0. The summed E-state index contributed by atoms with van der Waals surface area (Å²) in [7, 11) is 0.600. The first-order chi connectivity index (χ1) is 12.9. The minimum absolute atomic E-state index is 0.500. The van der Waals surface area contributed by atoms with Gasteiger partial charge >= 0.3 is 7.60 Å². The Kier molecular flexibility index (Phi) is 4.76. The van der Waals surface area contributed by atoms with Crippen molar-refractivity contribution in [2.24, 2.45) is 0 Å². The van der Waals surface area contributed by atoms with E-state index in [0.29, 0.717) is 25.0 Å². The lowest BCUT2D eigenvalue weighted by Gasteiger charge is -2.27. The zero-order valence-corrected chi connectivity index (χ0v) is 16.6. The van der Waals surface area contributed by atoms with Crippen molar-refractivity contribution in [1.29, 1.82) is 0 Å². The van der Waals surface area contributed by atoms with Crippen LogP contribution in [0.5, 0.6) is 23.0 Å². The molecule has 0 bridgehead atoms. The smallest absolute Gasteiger partial charge is 0.427 e. The van der Waals surface area contributed by atoms with Crippen LogP contribution in [0.3, 0.4) is 0 Å². The van der Waals surface area contributed by atoms with Crippen LogP contribution >= 0.6 is 7.60 Å². The van der Waals surface area contributed by atoms with Crippen LogP contribution in [0.2, 0.25) is 0 Å². The standard InChI is InChI=1S/C19H23N2O5P/c1-20-10-14-8-16(4-6-18(14)23-12-20)25-27(3,22)26-17-5-7-19-15(9-17)11-21(2)13-24-19/h4-9H,10-13H2,1-3H3. The van der Waals surface area contributed by atoms with E-state index in [9.17, 15) is 4.57 Å². The molecule has 2 aromatic carbocycles. The zero-order valence-electron chi connectivity index (χ0n) is 15.7. The lowest BCUT2D eigenvalue weighted by molar-refractivity contribution is 0.121. The Bertz CT molecular complexity index is 834. The third-order valence-electron chi connectivity index (χ3n) is 4.37. The number of hydrogen-bond donors (Lipinski definition) is 0. The second-order valence-corrected chi connectivity index (χ2v) is 8.98. The maximum atomic E-state index is 12.9. The molecule has 0 radical (unpaired) electrons.